The van der Waals surface area contributed by atoms with E-state index in [9.17, 15) is 9.59 Å². The molecule has 2 aromatic heterocycles. The van der Waals surface area contributed by atoms with Crippen LogP contribution in [0.4, 0.5) is 0 Å². The molecule has 1 N–H and O–H groups in total. The molecule has 0 saturated carbocycles. The van der Waals surface area contributed by atoms with Crippen LogP contribution in [-0.4, -0.2) is 18.3 Å². The normalized spacial score (nSPS) is 11.2. The van der Waals surface area contributed by atoms with Crippen molar-refractivity contribution in [3.05, 3.63) is 74.1 Å². The number of rotatable bonds is 7. The van der Waals surface area contributed by atoms with Crippen molar-refractivity contribution in [3.63, 3.8) is 0 Å². The van der Waals surface area contributed by atoms with Gasteiger partial charge in [0.25, 0.3) is 5.91 Å². The number of ketones is 1. The Morgan fingerprint density at radius 2 is 1.75 bits per heavy atom. The maximum atomic E-state index is 12.3. The van der Waals surface area contributed by atoms with Crippen LogP contribution < -0.4 is 10.1 Å². The zero-order valence-electron chi connectivity index (χ0n) is 16.2. The van der Waals surface area contributed by atoms with Crippen molar-refractivity contribution in [2.24, 2.45) is 0 Å². The zero-order valence-corrected chi connectivity index (χ0v) is 17.8. The molecule has 0 aliphatic carbocycles. The first-order valence-corrected chi connectivity index (χ1v) is 10.7. The lowest BCUT2D eigenvalue weighted by Gasteiger charge is -2.19. The number of carbonyl (C=O) groups excluding carboxylic acids is 2. The Morgan fingerprint density at radius 3 is 2.39 bits per heavy atom. The largest absolute Gasteiger partial charge is 0.484 e. The Bertz CT molecular complexity index is 935. The Kier molecular flexibility index (Phi) is 6.31. The van der Waals surface area contributed by atoms with Gasteiger partial charge in [-0.15, -0.1) is 22.7 Å². The summed E-state index contributed by atoms with van der Waals surface area (Å²) in [5, 5.41) is 4.72. The van der Waals surface area contributed by atoms with E-state index >= 15 is 0 Å². The molecule has 0 atom stereocenters. The van der Waals surface area contributed by atoms with Crippen LogP contribution in [0.1, 0.15) is 45.8 Å². The minimum absolute atomic E-state index is 0.0274. The van der Waals surface area contributed by atoms with Gasteiger partial charge in [-0.2, -0.15) is 0 Å². The van der Waals surface area contributed by atoms with Gasteiger partial charge in [-0.1, -0.05) is 39.0 Å². The van der Waals surface area contributed by atoms with E-state index in [1.807, 2.05) is 53.9 Å². The van der Waals surface area contributed by atoms with Crippen LogP contribution in [0.2, 0.25) is 0 Å². The van der Waals surface area contributed by atoms with Crippen molar-refractivity contribution >= 4 is 34.4 Å². The number of hydrogen-bond donors (Lipinski definition) is 1. The number of benzene rings is 1. The highest BCUT2D eigenvalue weighted by Gasteiger charge is 2.14. The van der Waals surface area contributed by atoms with Gasteiger partial charge in [-0.25, -0.2) is 0 Å². The number of nitrogens with one attached hydrogen (secondary N) is 1. The smallest absolute Gasteiger partial charge is 0.258 e. The van der Waals surface area contributed by atoms with E-state index < -0.39 is 0 Å². The van der Waals surface area contributed by atoms with E-state index in [-0.39, 0.29) is 23.7 Å². The quantitative estimate of drug-likeness (QED) is 0.553. The fourth-order valence-corrected chi connectivity index (χ4v) is 4.21. The molecule has 3 rings (SSSR count). The first-order valence-electron chi connectivity index (χ1n) is 9.00. The van der Waals surface area contributed by atoms with Gasteiger partial charge in [0.2, 0.25) is 5.78 Å². The molecule has 0 aliphatic heterocycles. The summed E-state index contributed by atoms with van der Waals surface area (Å²) in [6.45, 7) is 6.80. The van der Waals surface area contributed by atoms with E-state index in [4.69, 9.17) is 4.74 Å². The molecule has 0 fully saturated rings. The van der Waals surface area contributed by atoms with Crippen LogP contribution in [0, 0.1) is 0 Å². The third kappa shape index (κ3) is 5.30. The highest BCUT2D eigenvalue weighted by atomic mass is 32.1. The summed E-state index contributed by atoms with van der Waals surface area (Å²) >= 11 is 2.83. The predicted octanol–water partition coefficient (Wildman–Crippen LogP) is 5.03. The van der Waals surface area contributed by atoms with E-state index in [0.717, 1.165) is 9.75 Å². The Morgan fingerprint density at radius 1 is 1.00 bits per heavy atom. The molecule has 4 nitrogen and oxygen atoms in total. The number of thiophene rings is 2. The fourth-order valence-electron chi connectivity index (χ4n) is 2.56. The second kappa shape index (κ2) is 8.71. The first-order chi connectivity index (χ1) is 13.3. The predicted molar refractivity (Wildman–Crippen MR) is 115 cm³/mol. The molecule has 3 aromatic rings. The Hall–Kier alpha value is -2.44. The van der Waals surface area contributed by atoms with Crippen LogP contribution >= 0.6 is 22.7 Å². The molecular weight excluding hydrogens is 390 g/mol. The van der Waals surface area contributed by atoms with Crippen molar-refractivity contribution in [2.75, 3.05) is 6.61 Å². The van der Waals surface area contributed by atoms with Gasteiger partial charge in [-0.3, -0.25) is 9.59 Å². The standard InChI is InChI=1S/C22H23NO3S2/c1-22(2,3)15-6-8-16(9-7-15)26-14-20(24)23-13-17-10-11-19(28-17)21(25)18-5-4-12-27-18/h4-12H,13-14H2,1-3H3,(H,23,24). The molecule has 0 aliphatic rings. The van der Waals surface area contributed by atoms with Crippen LogP contribution in [0.15, 0.2) is 53.9 Å². The Labute approximate surface area is 173 Å². The van der Waals surface area contributed by atoms with E-state index in [1.54, 1.807) is 0 Å². The minimum Gasteiger partial charge on any atom is -0.484 e. The average molecular weight is 414 g/mol. The van der Waals surface area contributed by atoms with E-state index in [2.05, 4.69) is 26.1 Å². The van der Waals surface area contributed by atoms with Gasteiger partial charge in [0.05, 0.1) is 16.3 Å². The van der Waals surface area contributed by atoms with Gasteiger partial charge >= 0.3 is 0 Å². The number of carbonyl (C=O) groups is 2. The Balaban J connectivity index is 1.46. The molecule has 0 saturated heterocycles. The maximum Gasteiger partial charge on any atom is 0.258 e. The van der Waals surface area contributed by atoms with Crippen molar-refractivity contribution in [2.45, 2.75) is 32.7 Å². The summed E-state index contributed by atoms with van der Waals surface area (Å²) in [5.74, 6) is 0.502. The van der Waals surface area contributed by atoms with Crippen LogP contribution in [-0.2, 0) is 16.8 Å². The first kappa shape index (κ1) is 20.3. The van der Waals surface area contributed by atoms with E-state index in [1.165, 1.54) is 28.2 Å². The zero-order chi connectivity index (χ0) is 20.1. The minimum atomic E-state index is -0.195. The second-order valence-corrected chi connectivity index (χ2v) is 9.53. The van der Waals surface area contributed by atoms with Gasteiger partial charge in [0.1, 0.15) is 5.75 Å². The van der Waals surface area contributed by atoms with Crippen molar-refractivity contribution in [1.29, 1.82) is 0 Å². The van der Waals surface area contributed by atoms with E-state index in [0.29, 0.717) is 17.2 Å². The molecule has 2 heterocycles. The van der Waals surface area contributed by atoms with Gasteiger partial charge in [0, 0.05) is 4.88 Å². The van der Waals surface area contributed by atoms with Gasteiger partial charge in [0.15, 0.2) is 6.61 Å². The molecule has 28 heavy (non-hydrogen) atoms. The second-order valence-electron chi connectivity index (χ2n) is 7.41. The van der Waals surface area contributed by atoms with Gasteiger partial charge < -0.3 is 10.1 Å². The van der Waals surface area contributed by atoms with Crippen molar-refractivity contribution in [1.82, 2.24) is 5.32 Å². The van der Waals surface area contributed by atoms with Gasteiger partial charge in [-0.05, 0) is 46.7 Å². The number of amides is 1. The SMILES string of the molecule is CC(C)(C)c1ccc(OCC(=O)NCc2ccc(C(=O)c3cccs3)s2)cc1. The third-order valence-corrected chi connectivity index (χ3v) is 6.13. The lowest BCUT2D eigenvalue weighted by molar-refractivity contribution is -0.123. The summed E-state index contributed by atoms with van der Waals surface area (Å²) in [7, 11) is 0. The summed E-state index contributed by atoms with van der Waals surface area (Å²) in [6.07, 6.45) is 0. The molecule has 0 bridgehead atoms. The third-order valence-electron chi connectivity index (χ3n) is 4.18. The van der Waals surface area contributed by atoms with Crippen LogP contribution in [0.3, 0.4) is 0 Å². The summed E-state index contributed by atoms with van der Waals surface area (Å²) < 4.78 is 5.55. The lowest BCUT2D eigenvalue weighted by atomic mass is 9.87. The lowest BCUT2D eigenvalue weighted by Crippen LogP contribution is -2.28. The summed E-state index contributed by atoms with van der Waals surface area (Å²) in [6, 6.07) is 15.2. The molecule has 6 heteroatoms. The van der Waals surface area contributed by atoms with Crippen LogP contribution in [0.25, 0.3) is 0 Å². The number of ether oxygens (including phenoxy) is 1. The number of hydrogen-bond acceptors (Lipinski definition) is 5. The molecular formula is C22H23NO3S2. The van der Waals surface area contributed by atoms with Crippen molar-refractivity contribution < 1.29 is 14.3 Å². The monoisotopic (exact) mass is 413 g/mol. The molecule has 0 unspecified atom stereocenters. The average Bonchev–Trinajstić information content (AvgIpc) is 3.35. The molecule has 0 radical (unpaired) electrons. The van der Waals surface area contributed by atoms with Crippen molar-refractivity contribution in [3.8, 4) is 5.75 Å². The fraction of sp³-hybridized carbons (Fsp3) is 0.273. The van der Waals surface area contributed by atoms with Crippen LogP contribution in [0.5, 0.6) is 5.75 Å². The maximum absolute atomic E-state index is 12.3. The summed E-state index contributed by atoms with van der Waals surface area (Å²) in [4.78, 5) is 26.7. The highest BCUT2D eigenvalue weighted by molar-refractivity contribution is 7.16. The summed E-state index contributed by atoms with van der Waals surface area (Å²) in [5.41, 5.74) is 1.30. The molecule has 146 valence electrons. The highest BCUT2D eigenvalue weighted by Crippen LogP contribution is 2.24. The molecule has 1 amide bonds. The molecule has 0 spiro atoms. The molecule has 1 aromatic carbocycles. The topological polar surface area (TPSA) is 55.4 Å².